The van der Waals surface area contributed by atoms with Crippen molar-refractivity contribution >= 4 is 5.91 Å². The van der Waals surface area contributed by atoms with Crippen LogP contribution < -0.4 is 11.1 Å². The molecule has 1 aliphatic carbocycles. The molecule has 3 fully saturated rings. The average molecular weight is 338 g/mol. The number of likely N-dealkylation sites (tertiary alicyclic amines) is 1. The van der Waals surface area contributed by atoms with Crippen LogP contribution in [0.1, 0.15) is 64.7 Å². The number of hydrogen-bond acceptors (Lipinski definition) is 4. The van der Waals surface area contributed by atoms with Crippen LogP contribution in [0.4, 0.5) is 0 Å². The molecule has 2 unspecified atom stereocenters. The Labute approximate surface area is 146 Å². The lowest BCUT2D eigenvalue weighted by Gasteiger charge is -2.48. The van der Waals surface area contributed by atoms with Gasteiger partial charge in [-0.2, -0.15) is 0 Å². The first-order valence-corrected chi connectivity index (χ1v) is 9.93. The highest BCUT2D eigenvalue weighted by molar-refractivity contribution is 5.80. The summed E-state index contributed by atoms with van der Waals surface area (Å²) in [6.07, 6.45) is 10.1. The van der Waals surface area contributed by atoms with E-state index in [1.807, 2.05) is 6.92 Å². The van der Waals surface area contributed by atoms with Gasteiger partial charge in [-0.25, -0.2) is 0 Å². The van der Waals surface area contributed by atoms with Gasteiger partial charge in [-0.3, -0.25) is 9.69 Å². The maximum Gasteiger partial charge on any atom is 0.225 e. The van der Waals surface area contributed by atoms with Gasteiger partial charge in [-0.1, -0.05) is 19.3 Å². The molecule has 0 aromatic rings. The Morgan fingerprint density at radius 3 is 2.50 bits per heavy atom. The summed E-state index contributed by atoms with van der Waals surface area (Å²) < 4.78 is 5.61. The lowest BCUT2D eigenvalue weighted by atomic mass is 9.74. The molecule has 2 saturated heterocycles. The van der Waals surface area contributed by atoms with Crippen molar-refractivity contribution < 1.29 is 9.53 Å². The summed E-state index contributed by atoms with van der Waals surface area (Å²) in [7, 11) is 0. The molecule has 2 aliphatic heterocycles. The van der Waals surface area contributed by atoms with Gasteiger partial charge >= 0.3 is 0 Å². The van der Waals surface area contributed by atoms with Crippen LogP contribution >= 0.6 is 0 Å². The number of rotatable bonds is 4. The zero-order valence-electron chi connectivity index (χ0n) is 15.3. The van der Waals surface area contributed by atoms with E-state index in [2.05, 4.69) is 10.2 Å². The lowest BCUT2D eigenvalue weighted by Crippen LogP contribution is -2.61. The quantitative estimate of drug-likeness (QED) is 0.824. The third kappa shape index (κ3) is 3.94. The Kier molecular flexibility index (Phi) is 5.83. The van der Waals surface area contributed by atoms with Crippen LogP contribution in [-0.4, -0.2) is 54.7 Å². The number of nitrogens with one attached hydrogen (secondary N) is 1. The minimum absolute atomic E-state index is 0.0375. The molecule has 2 heterocycles. The van der Waals surface area contributed by atoms with Gasteiger partial charge in [-0.05, 0) is 58.5 Å². The van der Waals surface area contributed by atoms with Gasteiger partial charge in [0.05, 0.1) is 5.92 Å². The van der Waals surface area contributed by atoms with E-state index in [1.165, 1.54) is 19.3 Å². The lowest BCUT2D eigenvalue weighted by molar-refractivity contribution is -0.129. The molecular formula is C19H35N3O2. The normalized spacial score (nSPS) is 34.7. The average Bonchev–Trinajstić information content (AvgIpc) is 2.61. The Morgan fingerprint density at radius 2 is 1.83 bits per heavy atom. The standard InChI is InChI=1S/C19H35N3O2/c1-18(20)8-4-3-7-16(18)17(23)21-15-19(9-13-24-14-10-19)22-11-5-2-6-12-22/h16H,2-15,20H2,1H3,(H,21,23). The van der Waals surface area contributed by atoms with Crippen LogP contribution in [0.5, 0.6) is 0 Å². The largest absolute Gasteiger partial charge is 0.381 e. The van der Waals surface area contributed by atoms with Crippen molar-refractivity contribution in [1.29, 1.82) is 0 Å². The van der Waals surface area contributed by atoms with Crippen molar-refractivity contribution in [3.63, 3.8) is 0 Å². The zero-order chi connectivity index (χ0) is 17.0. The van der Waals surface area contributed by atoms with E-state index in [4.69, 9.17) is 10.5 Å². The molecule has 5 nitrogen and oxygen atoms in total. The maximum absolute atomic E-state index is 12.8. The third-order valence-electron chi connectivity index (χ3n) is 6.61. The van der Waals surface area contributed by atoms with E-state index >= 15 is 0 Å². The minimum Gasteiger partial charge on any atom is -0.381 e. The Balaban J connectivity index is 1.63. The summed E-state index contributed by atoms with van der Waals surface area (Å²) in [5.74, 6) is 0.132. The molecule has 0 spiro atoms. The predicted octanol–water partition coefficient (Wildman–Crippen LogP) is 2.05. The van der Waals surface area contributed by atoms with Crippen molar-refractivity contribution in [3.8, 4) is 0 Å². The van der Waals surface area contributed by atoms with Crippen LogP contribution in [0, 0.1) is 5.92 Å². The van der Waals surface area contributed by atoms with E-state index in [1.54, 1.807) is 0 Å². The van der Waals surface area contributed by atoms with E-state index in [9.17, 15) is 4.79 Å². The molecular weight excluding hydrogens is 302 g/mol. The van der Waals surface area contributed by atoms with Crippen molar-refractivity contribution in [1.82, 2.24) is 10.2 Å². The van der Waals surface area contributed by atoms with E-state index in [-0.39, 0.29) is 22.9 Å². The summed E-state index contributed by atoms with van der Waals surface area (Å²) in [6.45, 7) is 6.74. The van der Waals surface area contributed by atoms with E-state index in [0.29, 0.717) is 0 Å². The van der Waals surface area contributed by atoms with Gasteiger partial charge in [0, 0.05) is 30.8 Å². The van der Waals surface area contributed by atoms with Gasteiger partial charge in [0.25, 0.3) is 0 Å². The maximum atomic E-state index is 12.8. The number of amides is 1. The first kappa shape index (κ1) is 18.2. The second-order valence-electron chi connectivity index (χ2n) is 8.41. The Morgan fingerprint density at radius 1 is 1.12 bits per heavy atom. The van der Waals surface area contributed by atoms with Gasteiger partial charge in [-0.15, -0.1) is 0 Å². The second kappa shape index (κ2) is 7.71. The molecule has 0 aromatic heterocycles. The van der Waals surface area contributed by atoms with Crippen LogP contribution in [-0.2, 0) is 9.53 Å². The van der Waals surface area contributed by atoms with Crippen molar-refractivity contribution in [3.05, 3.63) is 0 Å². The summed E-state index contributed by atoms with van der Waals surface area (Å²) in [6, 6.07) is 0. The summed E-state index contributed by atoms with van der Waals surface area (Å²) in [4.78, 5) is 15.5. The molecule has 0 aromatic carbocycles. The molecule has 24 heavy (non-hydrogen) atoms. The highest BCUT2D eigenvalue weighted by Gasteiger charge is 2.42. The molecule has 138 valence electrons. The van der Waals surface area contributed by atoms with Gasteiger partial charge in [0.15, 0.2) is 0 Å². The number of carbonyl (C=O) groups excluding carboxylic acids is 1. The molecule has 3 rings (SSSR count). The first-order valence-electron chi connectivity index (χ1n) is 9.93. The number of carbonyl (C=O) groups is 1. The SMILES string of the molecule is CC1(N)CCCCC1C(=O)NCC1(N2CCCCC2)CCOCC1. The molecule has 1 amide bonds. The van der Waals surface area contributed by atoms with Crippen LogP contribution in [0.3, 0.4) is 0 Å². The fourth-order valence-corrected chi connectivity index (χ4v) is 4.89. The fourth-order valence-electron chi connectivity index (χ4n) is 4.89. The van der Waals surface area contributed by atoms with Crippen LogP contribution in [0.2, 0.25) is 0 Å². The molecule has 2 atom stereocenters. The smallest absolute Gasteiger partial charge is 0.225 e. The summed E-state index contributed by atoms with van der Waals surface area (Å²) in [5.41, 5.74) is 6.16. The monoisotopic (exact) mass is 337 g/mol. The van der Waals surface area contributed by atoms with Gasteiger partial charge in [0.1, 0.15) is 0 Å². The van der Waals surface area contributed by atoms with E-state index < -0.39 is 0 Å². The highest BCUT2D eigenvalue weighted by atomic mass is 16.5. The highest BCUT2D eigenvalue weighted by Crippen LogP contribution is 2.33. The van der Waals surface area contributed by atoms with Crippen molar-refractivity contribution in [2.24, 2.45) is 11.7 Å². The number of nitrogens with two attached hydrogens (primary N) is 1. The molecule has 5 heteroatoms. The molecule has 0 bridgehead atoms. The summed E-state index contributed by atoms with van der Waals surface area (Å²) in [5, 5.41) is 3.30. The van der Waals surface area contributed by atoms with Crippen LogP contribution in [0.15, 0.2) is 0 Å². The second-order valence-corrected chi connectivity index (χ2v) is 8.41. The zero-order valence-corrected chi connectivity index (χ0v) is 15.3. The number of ether oxygens (including phenoxy) is 1. The van der Waals surface area contributed by atoms with Crippen molar-refractivity contribution in [2.45, 2.75) is 75.8 Å². The number of nitrogens with zero attached hydrogens (tertiary/aromatic N) is 1. The number of piperidine rings is 1. The van der Waals surface area contributed by atoms with Crippen LogP contribution in [0.25, 0.3) is 0 Å². The number of hydrogen-bond donors (Lipinski definition) is 2. The van der Waals surface area contributed by atoms with Gasteiger partial charge < -0.3 is 15.8 Å². The van der Waals surface area contributed by atoms with Gasteiger partial charge in [0.2, 0.25) is 5.91 Å². The summed E-state index contributed by atoms with van der Waals surface area (Å²) >= 11 is 0. The molecule has 3 aliphatic rings. The third-order valence-corrected chi connectivity index (χ3v) is 6.61. The topological polar surface area (TPSA) is 67.6 Å². The fraction of sp³-hybridized carbons (Fsp3) is 0.947. The molecule has 0 radical (unpaired) electrons. The van der Waals surface area contributed by atoms with E-state index in [0.717, 1.165) is 71.4 Å². The minimum atomic E-state index is -0.351. The first-order chi connectivity index (χ1) is 11.5. The molecule has 1 saturated carbocycles. The Bertz CT molecular complexity index is 426. The molecule has 3 N–H and O–H groups in total. The predicted molar refractivity (Wildman–Crippen MR) is 95.8 cm³/mol. The Hall–Kier alpha value is -0.650. The van der Waals surface area contributed by atoms with Crippen molar-refractivity contribution in [2.75, 3.05) is 32.8 Å².